The zero-order valence-corrected chi connectivity index (χ0v) is 21.7. The van der Waals surface area contributed by atoms with Crippen LogP contribution in [0.1, 0.15) is 52.3 Å². The first-order valence-electron chi connectivity index (χ1n) is 10.6. The molecule has 2 aromatic heterocycles. The van der Waals surface area contributed by atoms with Crippen LogP contribution < -0.4 is 0 Å². The van der Waals surface area contributed by atoms with E-state index in [-0.39, 0.29) is 12.4 Å². The fourth-order valence-corrected chi connectivity index (χ4v) is 5.35. The van der Waals surface area contributed by atoms with Crippen molar-refractivity contribution in [3.8, 4) is 11.8 Å². The number of pyridine rings is 1. The Morgan fingerprint density at radius 1 is 1.39 bits per heavy atom. The summed E-state index contributed by atoms with van der Waals surface area (Å²) in [7, 11) is 1.87. The number of ether oxygens (including phenoxy) is 1. The van der Waals surface area contributed by atoms with Gasteiger partial charge in [0, 0.05) is 29.6 Å². The second-order valence-electron chi connectivity index (χ2n) is 7.58. The molecule has 0 aliphatic heterocycles. The molecule has 6 nitrogen and oxygen atoms in total. The van der Waals surface area contributed by atoms with E-state index in [1.807, 2.05) is 38.5 Å². The molecule has 33 heavy (non-hydrogen) atoms. The Hall–Kier alpha value is -2.76. The molecule has 0 spiro atoms. The minimum Gasteiger partial charge on any atom is -0.507 e. The van der Waals surface area contributed by atoms with Gasteiger partial charge in [-0.05, 0) is 73.3 Å². The molecule has 0 atom stereocenters. The highest BCUT2D eigenvalue weighted by atomic mass is 79.9. The molecule has 2 heterocycles. The number of carbonyl (C=O) groups excluding carboxylic acids is 1. The molecule has 0 bridgehead atoms. The number of fused-ring (bicyclic) bond motifs is 1. The first kappa shape index (κ1) is 24.9. The van der Waals surface area contributed by atoms with Crippen molar-refractivity contribution in [3.05, 3.63) is 62.4 Å². The SMILES string of the molecule is C/C=C\Cc1c(C)nc(SCc2c(C(=O)OCC)c3cc(O)c(Br)cc3n2C)c(C#N)c1C. The van der Waals surface area contributed by atoms with Crippen molar-refractivity contribution in [2.45, 2.75) is 44.9 Å². The summed E-state index contributed by atoms with van der Waals surface area (Å²) >= 11 is 4.77. The maximum atomic E-state index is 12.9. The molecule has 1 N–H and O–H groups in total. The Morgan fingerprint density at radius 3 is 2.76 bits per heavy atom. The van der Waals surface area contributed by atoms with Gasteiger partial charge in [0.2, 0.25) is 0 Å². The second kappa shape index (κ2) is 10.4. The van der Waals surface area contributed by atoms with Gasteiger partial charge in [-0.3, -0.25) is 0 Å². The molecule has 172 valence electrons. The number of benzene rings is 1. The van der Waals surface area contributed by atoms with Crippen LogP contribution in [0.3, 0.4) is 0 Å². The maximum Gasteiger partial charge on any atom is 0.340 e. The topological polar surface area (TPSA) is 88.1 Å². The Kier molecular flexibility index (Phi) is 7.88. The number of thioether (sulfide) groups is 1. The number of aryl methyl sites for hydroxylation is 2. The summed E-state index contributed by atoms with van der Waals surface area (Å²) in [5.41, 5.74) is 5.39. The lowest BCUT2D eigenvalue weighted by Crippen LogP contribution is -2.09. The minimum atomic E-state index is -0.442. The number of halogens is 1. The first-order valence-corrected chi connectivity index (χ1v) is 12.3. The average Bonchev–Trinajstić information content (AvgIpc) is 3.03. The van der Waals surface area contributed by atoms with E-state index in [2.05, 4.69) is 28.1 Å². The van der Waals surface area contributed by atoms with Crippen LogP contribution in [0.25, 0.3) is 10.9 Å². The van der Waals surface area contributed by atoms with Gasteiger partial charge in [-0.2, -0.15) is 5.26 Å². The fourth-order valence-electron chi connectivity index (χ4n) is 3.87. The van der Waals surface area contributed by atoms with E-state index < -0.39 is 5.97 Å². The number of rotatable bonds is 7. The van der Waals surface area contributed by atoms with Crippen molar-refractivity contribution in [3.63, 3.8) is 0 Å². The maximum absolute atomic E-state index is 12.9. The van der Waals surface area contributed by atoms with Gasteiger partial charge in [0.1, 0.15) is 16.8 Å². The van der Waals surface area contributed by atoms with E-state index in [0.717, 1.165) is 34.5 Å². The standard InChI is InChI=1S/C25H26BrN3O3S/c1-6-8-9-16-14(3)18(12-27)24(28-15(16)4)33-13-21-23(25(31)32-7-2)17-10-22(30)19(26)11-20(17)29(21)5/h6,8,10-11,30H,7,9,13H2,1-5H3/b8-6-. The summed E-state index contributed by atoms with van der Waals surface area (Å²) in [4.78, 5) is 17.6. The largest absolute Gasteiger partial charge is 0.507 e. The number of hydrogen-bond acceptors (Lipinski definition) is 6. The number of allylic oxidation sites excluding steroid dienone is 2. The van der Waals surface area contributed by atoms with Crippen LogP contribution in [0.4, 0.5) is 0 Å². The van der Waals surface area contributed by atoms with E-state index in [9.17, 15) is 15.2 Å². The van der Waals surface area contributed by atoms with Gasteiger partial charge >= 0.3 is 5.97 Å². The molecular formula is C25H26BrN3O3S. The van der Waals surface area contributed by atoms with E-state index in [0.29, 0.717) is 31.8 Å². The van der Waals surface area contributed by atoms with Crippen molar-refractivity contribution >= 4 is 44.6 Å². The van der Waals surface area contributed by atoms with Gasteiger partial charge in [-0.1, -0.05) is 23.9 Å². The zero-order chi connectivity index (χ0) is 24.3. The molecule has 1 aromatic carbocycles. The number of carbonyl (C=O) groups is 1. The van der Waals surface area contributed by atoms with E-state index >= 15 is 0 Å². The van der Waals surface area contributed by atoms with Crippen molar-refractivity contribution < 1.29 is 14.6 Å². The molecule has 3 rings (SSSR count). The predicted molar refractivity (Wildman–Crippen MR) is 135 cm³/mol. The summed E-state index contributed by atoms with van der Waals surface area (Å²) in [6, 6.07) is 5.67. The van der Waals surface area contributed by atoms with Crippen LogP contribution in [0.5, 0.6) is 5.75 Å². The number of aromatic hydroxyl groups is 1. The molecule has 0 aliphatic rings. The molecule has 8 heteroatoms. The number of phenols is 1. The van der Waals surface area contributed by atoms with Gasteiger partial charge in [-0.15, -0.1) is 0 Å². The van der Waals surface area contributed by atoms with Gasteiger partial charge in [0.05, 0.1) is 27.7 Å². The third kappa shape index (κ3) is 4.80. The molecule has 3 aromatic rings. The van der Waals surface area contributed by atoms with Gasteiger partial charge < -0.3 is 14.4 Å². The lowest BCUT2D eigenvalue weighted by molar-refractivity contribution is 0.0527. The second-order valence-corrected chi connectivity index (χ2v) is 9.39. The normalized spacial score (nSPS) is 11.3. The van der Waals surface area contributed by atoms with E-state index in [1.165, 1.54) is 11.8 Å². The Morgan fingerprint density at radius 2 is 2.12 bits per heavy atom. The zero-order valence-electron chi connectivity index (χ0n) is 19.3. The van der Waals surface area contributed by atoms with Crippen LogP contribution >= 0.6 is 27.7 Å². The average molecular weight is 528 g/mol. The molecule has 0 amide bonds. The number of esters is 1. The Bertz CT molecular complexity index is 1310. The molecular weight excluding hydrogens is 502 g/mol. The fraction of sp³-hybridized carbons (Fsp3) is 0.320. The summed E-state index contributed by atoms with van der Waals surface area (Å²) in [5, 5.41) is 21.3. The highest BCUT2D eigenvalue weighted by Gasteiger charge is 2.24. The Labute approximate surface area is 206 Å². The third-order valence-electron chi connectivity index (χ3n) is 5.63. The number of hydrogen-bond donors (Lipinski definition) is 1. The molecule has 0 fully saturated rings. The quantitative estimate of drug-likeness (QED) is 0.226. The number of nitrogens with zero attached hydrogens (tertiary/aromatic N) is 3. The van der Waals surface area contributed by atoms with Gasteiger partial charge in [0.15, 0.2) is 0 Å². The van der Waals surface area contributed by atoms with Gasteiger partial charge in [-0.25, -0.2) is 9.78 Å². The summed E-state index contributed by atoms with van der Waals surface area (Å²) in [5.74, 6) is 0.0177. The molecule has 0 aliphatic carbocycles. The smallest absolute Gasteiger partial charge is 0.340 e. The summed E-state index contributed by atoms with van der Waals surface area (Å²) in [6.07, 6.45) is 4.77. The summed E-state index contributed by atoms with van der Waals surface area (Å²) < 4.78 is 7.78. The van der Waals surface area contributed by atoms with Crippen molar-refractivity contribution in [2.24, 2.45) is 7.05 Å². The lowest BCUT2D eigenvalue weighted by atomic mass is 10.0. The minimum absolute atomic E-state index is 0.0502. The highest BCUT2D eigenvalue weighted by Crippen LogP contribution is 2.37. The number of phenolic OH excluding ortho intramolecular Hbond substituents is 1. The van der Waals surface area contributed by atoms with Crippen LogP contribution in [-0.4, -0.2) is 27.2 Å². The lowest BCUT2D eigenvalue weighted by Gasteiger charge is -2.14. The van der Waals surface area contributed by atoms with Crippen molar-refractivity contribution in [1.82, 2.24) is 9.55 Å². The third-order valence-corrected chi connectivity index (χ3v) is 7.25. The predicted octanol–water partition coefficient (Wildman–Crippen LogP) is 6.12. The monoisotopic (exact) mass is 527 g/mol. The van der Waals surface area contributed by atoms with Gasteiger partial charge in [0.25, 0.3) is 0 Å². The van der Waals surface area contributed by atoms with Crippen molar-refractivity contribution in [2.75, 3.05) is 6.61 Å². The molecule has 0 unspecified atom stereocenters. The highest BCUT2D eigenvalue weighted by molar-refractivity contribution is 9.10. The van der Waals surface area contributed by atoms with E-state index in [1.54, 1.807) is 19.1 Å². The molecule has 0 radical (unpaired) electrons. The summed E-state index contributed by atoms with van der Waals surface area (Å²) in [6.45, 7) is 7.89. The van der Waals surface area contributed by atoms with Crippen LogP contribution in [0.2, 0.25) is 0 Å². The number of aromatic nitrogens is 2. The molecule has 0 saturated heterocycles. The van der Waals surface area contributed by atoms with E-state index in [4.69, 9.17) is 9.72 Å². The van der Waals surface area contributed by atoms with Crippen LogP contribution in [0.15, 0.2) is 33.8 Å². The van der Waals surface area contributed by atoms with Crippen LogP contribution in [-0.2, 0) is 24.0 Å². The van der Waals surface area contributed by atoms with Crippen molar-refractivity contribution in [1.29, 1.82) is 5.26 Å². The first-order chi connectivity index (χ1) is 15.7. The Balaban J connectivity index is 2.09. The van der Waals surface area contributed by atoms with Crippen LogP contribution in [0, 0.1) is 25.2 Å². The number of nitriles is 1. The molecule has 0 saturated carbocycles.